The van der Waals surface area contributed by atoms with Gasteiger partial charge in [0.2, 0.25) is 15.9 Å². The van der Waals surface area contributed by atoms with E-state index in [4.69, 9.17) is 11.6 Å². The number of sulfonamides is 1. The molecule has 2 rings (SSSR count). The summed E-state index contributed by atoms with van der Waals surface area (Å²) >= 11 is 8.45. The molecule has 6 nitrogen and oxygen atoms in total. The molecular formula is C17H23ClIN3O3S. The van der Waals surface area contributed by atoms with Gasteiger partial charge >= 0.3 is 0 Å². The van der Waals surface area contributed by atoms with Crippen molar-refractivity contribution in [2.75, 3.05) is 31.6 Å². The quantitative estimate of drug-likeness (QED) is 0.597. The number of carbonyl (C=O) groups is 1. The molecule has 1 aromatic rings. The van der Waals surface area contributed by atoms with Crippen molar-refractivity contribution in [2.45, 2.75) is 25.8 Å². The number of rotatable bonds is 6. The first-order valence-corrected chi connectivity index (χ1v) is 11.2. The van der Waals surface area contributed by atoms with Crippen molar-refractivity contribution in [1.29, 1.82) is 0 Å². The molecular weight excluding hydrogens is 489 g/mol. The SMILES string of the molecule is C=CS(=O)(=O)NC1CCN(C(=O)CN(C)c2cc(Cl)c(C)cc2I)CC1. The molecule has 1 aliphatic heterocycles. The first-order chi connectivity index (χ1) is 12.1. The fraction of sp³-hybridized carbons (Fsp3) is 0.471. The van der Waals surface area contributed by atoms with E-state index in [1.807, 2.05) is 31.0 Å². The van der Waals surface area contributed by atoms with Gasteiger partial charge in [0, 0.05) is 40.2 Å². The Morgan fingerprint density at radius 2 is 2.08 bits per heavy atom. The normalized spacial score (nSPS) is 15.8. The number of hydrogen-bond acceptors (Lipinski definition) is 4. The number of anilines is 1. The fourth-order valence-corrected chi connectivity index (χ4v) is 4.83. The van der Waals surface area contributed by atoms with Gasteiger partial charge in [-0.1, -0.05) is 18.2 Å². The molecule has 1 aromatic carbocycles. The van der Waals surface area contributed by atoms with Crippen LogP contribution in [-0.4, -0.2) is 51.9 Å². The summed E-state index contributed by atoms with van der Waals surface area (Å²) in [5.41, 5.74) is 1.92. The second-order valence-corrected chi connectivity index (χ2v) is 9.62. The standard InChI is InChI=1S/C17H23ClIN3O3S/c1-4-26(24,25)20-13-5-7-22(8-6-13)17(23)11-21(3)16-10-14(18)12(2)9-15(16)19/h4,9-10,13,20H,1,5-8,11H2,2-3H3. The Bertz CT molecular complexity index is 793. The van der Waals surface area contributed by atoms with Crippen molar-refractivity contribution in [2.24, 2.45) is 0 Å². The lowest BCUT2D eigenvalue weighted by molar-refractivity contribution is -0.130. The number of halogens is 2. The van der Waals surface area contributed by atoms with Crippen molar-refractivity contribution >= 4 is 55.8 Å². The van der Waals surface area contributed by atoms with Gasteiger partial charge in [0.05, 0.1) is 12.2 Å². The number of hydrogen-bond donors (Lipinski definition) is 1. The molecule has 0 unspecified atom stereocenters. The predicted molar refractivity (Wildman–Crippen MR) is 114 cm³/mol. The van der Waals surface area contributed by atoms with Crippen LogP contribution in [-0.2, 0) is 14.8 Å². The summed E-state index contributed by atoms with van der Waals surface area (Å²) in [5.74, 6) is 0.0185. The number of aryl methyl sites for hydroxylation is 1. The largest absolute Gasteiger partial charge is 0.364 e. The van der Waals surface area contributed by atoms with Crippen LogP contribution in [0.2, 0.25) is 5.02 Å². The minimum Gasteiger partial charge on any atom is -0.364 e. The lowest BCUT2D eigenvalue weighted by atomic mass is 10.1. The van der Waals surface area contributed by atoms with E-state index in [0.29, 0.717) is 31.0 Å². The van der Waals surface area contributed by atoms with E-state index < -0.39 is 10.0 Å². The first-order valence-electron chi connectivity index (χ1n) is 8.22. The Balaban J connectivity index is 1.93. The molecule has 1 N–H and O–H groups in total. The van der Waals surface area contributed by atoms with Crippen LogP contribution >= 0.6 is 34.2 Å². The van der Waals surface area contributed by atoms with Gasteiger partial charge < -0.3 is 9.80 Å². The summed E-state index contributed by atoms with van der Waals surface area (Å²) in [6.45, 7) is 6.55. The fourth-order valence-electron chi connectivity index (χ4n) is 2.84. The first kappa shape index (κ1) is 21.5. The molecule has 144 valence electrons. The second kappa shape index (κ2) is 8.90. The highest BCUT2D eigenvalue weighted by Crippen LogP contribution is 2.28. The van der Waals surface area contributed by atoms with Crippen molar-refractivity contribution in [3.63, 3.8) is 0 Å². The molecule has 1 heterocycles. The molecule has 9 heteroatoms. The molecule has 0 saturated carbocycles. The Morgan fingerprint density at radius 1 is 1.46 bits per heavy atom. The van der Waals surface area contributed by atoms with E-state index >= 15 is 0 Å². The molecule has 1 saturated heterocycles. The predicted octanol–water partition coefficient (Wildman–Crippen LogP) is 2.74. The number of nitrogens with one attached hydrogen (secondary N) is 1. The third-order valence-electron chi connectivity index (χ3n) is 4.41. The number of carbonyl (C=O) groups excluding carboxylic acids is 1. The zero-order valence-corrected chi connectivity index (χ0v) is 18.6. The highest BCUT2D eigenvalue weighted by molar-refractivity contribution is 14.1. The lowest BCUT2D eigenvalue weighted by Gasteiger charge is -2.33. The summed E-state index contributed by atoms with van der Waals surface area (Å²) in [4.78, 5) is 16.3. The van der Waals surface area contributed by atoms with Crippen molar-refractivity contribution in [3.8, 4) is 0 Å². The minimum absolute atomic E-state index is 0.0185. The summed E-state index contributed by atoms with van der Waals surface area (Å²) < 4.78 is 26.7. The molecule has 0 spiro atoms. The molecule has 0 aromatic heterocycles. The third kappa shape index (κ3) is 5.58. The van der Waals surface area contributed by atoms with Gasteiger partial charge in [-0.05, 0) is 60.1 Å². The molecule has 0 aliphatic carbocycles. The van der Waals surface area contributed by atoms with E-state index in [9.17, 15) is 13.2 Å². The lowest BCUT2D eigenvalue weighted by Crippen LogP contribution is -2.48. The van der Waals surface area contributed by atoms with Crippen molar-refractivity contribution < 1.29 is 13.2 Å². The maximum absolute atomic E-state index is 12.6. The van der Waals surface area contributed by atoms with E-state index in [2.05, 4.69) is 33.9 Å². The second-order valence-electron chi connectivity index (χ2n) is 6.39. The molecule has 0 atom stereocenters. The van der Waals surface area contributed by atoms with Gasteiger partial charge in [-0.2, -0.15) is 0 Å². The van der Waals surface area contributed by atoms with Crippen LogP contribution in [0.3, 0.4) is 0 Å². The maximum atomic E-state index is 12.6. The van der Waals surface area contributed by atoms with Gasteiger partial charge in [0.15, 0.2) is 0 Å². The van der Waals surface area contributed by atoms with Crippen LogP contribution in [0.5, 0.6) is 0 Å². The number of nitrogens with zero attached hydrogens (tertiary/aromatic N) is 2. The summed E-state index contributed by atoms with van der Waals surface area (Å²) in [7, 11) is -1.57. The van der Waals surface area contributed by atoms with Gasteiger partial charge in [-0.3, -0.25) is 4.79 Å². The van der Waals surface area contributed by atoms with Crippen LogP contribution in [0, 0.1) is 10.5 Å². The molecule has 1 fully saturated rings. The average Bonchev–Trinajstić information content (AvgIpc) is 2.58. The van der Waals surface area contributed by atoms with Gasteiger partial charge in [-0.25, -0.2) is 13.1 Å². The monoisotopic (exact) mass is 511 g/mol. The number of likely N-dealkylation sites (N-methyl/N-ethyl adjacent to an activating group) is 1. The average molecular weight is 512 g/mol. The van der Waals surface area contributed by atoms with Crippen LogP contribution in [0.4, 0.5) is 5.69 Å². The maximum Gasteiger partial charge on any atom is 0.242 e. The summed E-state index contributed by atoms with van der Waals surface area (Å²) in [6, 6.07) is 3.72. The van der Waals surface area contributed by atoms with E-state index in [1.165, 1.54) is 0 Å². The van der Waals surface area contributed by atoms with E-state index in [0.717, 1.165) is 20.2 Å². The highest BCUT2D eigenvalue weighted by Gasteiger charge is 2.25. The Morgan fingerprint density at radius 3 is 2.65 bits per heavy atom. The molecule has 0 bridgehead atoms. The van der Waals surface area contributed by atoms with Crippen LogP contribution < -0.4 is 9.62 Å². The third-order valence-corrected chi connectivity index (χ3v) is 6.78. The molecule has 1 amide bonds. The minimum atomic E-state index is -3.44. The summed E-state index contributed by atoms with van der Waals surface area (Å²) in [5, 5.41) is 1.59. The summed E-state index contributed by atoms with van der Waals surface area (Å²) in [6.07, 6.45) is 1.19. The molecule has 1 aliphatic rings. The van der Waals surface area contributed by atoms with Gasteiger partial charge in [-0.15, -0.1) is 0 Å². The zero-order valence-electron chi connectivity index (χ0n) is 14.8. The molecule has 26 heavy (non-hydrogen) atoms. The zero-order chi connectivity index (χ0) is 19.5. The van der Waals surface area contributed by atoms with Crippen molar-refractivity contribution in [3.05, 3.63) is 38.3 Å². The highest BCUT2D eigenvalue weighted by atomic mass is 127. The van der Waals surface area contributed by atoms with Gasteiger partial charge in [0.1, 0.15) is 0 Å². The van der Waals surface area contributed by atoms with Crippen LogP contribution in [0.25, 0.3) is 0 Å². The van der Waals surface area contributed by atoms with Gasteiger partial charge in [0.25, 0.3) is 0 Å². The number of likely N-dealkylation sites (tertiary alicyclic amines) is 1. The topological polar surface area (TPSA) is 69.7 Å². The number of amides is 1. The number of benzene rings is 1. The Kier molecular flexibility index (Phi) is 7.35. The molecule has 0 radical (unpaired) electrons. The van der Waals surface area contributed by atoms with E-state index in [-0.39, 0.29) is 18.5 Å². The van der Waals surface area contributed by atoms with Crippen LogP contribution in [0.15, 0.2) is 24.1 Å². The van der Waals surface area contributed by atoms with Crippen LogP contribution in [0.1, 0.15) is 18.4 Å². The Labute approximate surface area is 173 Å². The Hall–Kier alpha value is -0.840. The van der Waals surface area contributed by atoms with E-state index in [1.54, 1.807) is 4.90 Å². The number of piperidine rings is 1. The van der Waals surface area contributed by atoms with Crippen molar-refractivity contribution in [1.82, 2.24) is 9.62 Å². The smallest absolute Gasteiger partial charge is 0.242 e.